The summed E-state index contributed by atoms with van der Waals surface area (Å²) >= 11 is 0. The number of nitrogens with one attached hydrogen (secondary N) is 2. The number of hydrogen-bond acceptors (Lipinski definition) is 4. The third kappa shape index (κ3) is 6.51. The molecule has 0 aliphatic heterocycles. The predicted octanol–water partition coefficient (Wildman–Crippen LogP) is 6.56. The number of carbonyl (C=O) groups excluding carboxylic acids is 1. The molecule has 0 fully saturated rings. The van der Waals surface area contributed by atoms with Gasteiger partial charge in [0.15, 0.2) is 0 Å². The number of benzene rings is 4. The Kier molecular flexibility index (Phi) is 9.01. The van der Waals surface area contributed by atoms with Crippen LogP contribution in [0.3, 0.4) is 0 Å². The first-order valence-corrected chi connectivity index (χ1v) is 14.5. The first-order valence-electron chi connectivity index (χ1n) is 14.5. The molecule has 0 saturated carbocycles. The van der Waals surface area contributed by atoms with Gasteiger partial charge in [0.05, 0.1) is 18.6 Å². The maximum atomic E-state index is 12.7. The lowest BCUT2D eigenvalue weighted by Crippen LogP contribution is -2.41. The summed E-state index contributed by atoms with van der Waals surface area (Å²) in [4.78, 5) is 29.0. The zero-order valence-corrected chi connectivity index (χ0v) is 24.4. The molecule has 0 unspecified atom stereocenters. The van der Waals surface area contributed by atoms with Crippen LogP contribution < -0.4 is 10.6 Å². The number of hydrogen-bond donors (Lipinski definition) is 3. The fraction of sp³-hybridized carbons (Fsp3) is 0.194. The topological polar surface area (TPSA) is 96.3 Å². The Balaban J connectivity index is 1.38. The van der Waals surface area contributed by atoms with Gasteiger partial charge in [-0.2, -0.15) is 0 Å². The zero-order valence-electron chi connectivity index (χ0n) is 24.4. The van der Waals surface area contributed by atoms with Gasteiger partial charge in [-0.3, -0.25) is 4.79 Å². The fourth-order valence-corrected chi connectivity index (χ4v) is 5.49. The minimum absolute atomic E-state index is 0.148. The fourth-order valence-electron chi connectivity index (χ4n) is 5.49. The van der Waals surface area contributed by atoms with Gasteiger partial charge >= 0.3 is 5.97 Å². The number of aliphatic carboxylic acids is 1. The lowest BCUT2D eigenvalue weighted by atomic mass is 9.77. The van der Waals surface area contributed by atoms with Crippen molar-refractivity contribution in [3.8, 4) is 0 Å². The van der Waals surface area contributed by atoms with Gasteiger partial charge in [-0.05, 0) is 53.3 Å². The van der Waals surface area contributed by atoms with Gasteiger partial charge in [-0.25, -0.2) is 9.78 Å². The van der Waals surface area contributed by atoms with Gasteiger partial charge < -0.3 is 20.3 Å². The molecule has 0 bridgehead atoms. The molecule has 7 nitrogen and oxygen atoms in total. The molecule has 218 valence electrons. The summed E-state index contributed by atoms with van der Waals surface area (Å²) in [6, 6.07) is 37.4. The highest BCUT2D eigenvalue weighted by atomic mass is 16.4. The number of carboxylic acid groups (broad SMARTS) is 1. The molecular formula is C36H36N4O3. The Morgan fingerprint density at radius 1 is 0.791 bits per heavy atom. The SMILES string of the molecule is CC(C)C[C@H](NC(=O)c1ccc(NCc2cn(C(c3ccccc3)(c3ccccc3)c3ccccc3)cn2)cc1)C(=O)O. The molecule has 7 heteroatoms. The molecule has 5 rings (SSSR count). The van der Waals surface area contributed by atoms with E-state index in [0.717, 1.165) is 28.1 Å². The molecule has 0 saturated heterocycles. The second kappa shape index (κ2) is 13.2. The van der Waals surface area contributed by atoms with E-state index in [9.17, 15) is 14.7 Å². The zero-order chi connectivity index (χ0) is 30.2. The summed E-state index contributed by atoms with van der Waals surface area (Å²) in [5, 5.41) is 15.5. The van der Waals surface area contributed by atoms with E-state index < -0.39 is 23.5 Å². The molecule has 3 N–H and O–H groups in total. The first kappa shape index (κ1) is 29.3. The Morgan fingerprint density at radius 2 is 1.30 bits per heavy atom. The number of carboxylic acids is 1. The quantitative estimate of drug-likeness (QED) is 0.147. The Morgan fingerprint density at radius 3 is 1.77 bits per heavy atom. The molecule has 1 amide bonds. The largest absolute Gasteiger partial charge is 0.480 e. The summed E-state index contributed by atoms with van der Waals surface area (Å²) in [7, 11) is 0. The summed E-state index contributed by atoms with van der Waals surface area (Å²) in [6.45, 7) is 4.33. The van der Waals surface area contributed by atoms with Crippen LogP contribution >= 0.6 is 0 Å². The van der Waals surface area contributed by atoms with E-state index in [2.05, 4.69) is 94.2 Å². The summed E-state index contributed by atoms with van der Waals surface area (Å²) < 4.78 is 2.17. The van der Waals surface area contributed by atoms with Crippen molar-refractivity contribution in [1.82, 2.24) is 14.9 Å². The van der Waals surface area contributed by atoms with Crippen LogP contribution in [0.2, 0.25) is 0 Å². The van der Waals surface area contributed by atoms with Gasteiger partial charge in [0.2, 0.25) is 0 Å². The number of nitrogens with zero attached hydrogens (tertiary/aromatic N) is 2. The third-order valence-electron chi connectivity index (χ3n) is 7.53. The van der Waals surface area contributed by atoms with E-state index in [0.29, 0.717) is 18.5 Å². The number of imidazole rings is 1. The lowest BCUT2D eigenvalue weighted by Gasteiger charge is -2.37. The number of rotatable bonds is 12. The van der Waals surface area contributed by atoms with E-state index in [1.165, 1.54) is 0 Å². The van der Waals surface area contributed by atoms with E-state index in [-0.39, 0.29) is 5.92 Å². The smallest absolute Gasteiger partial charge is 0.326 e. The van der Waals surface area contributed by atoms with Gasteiger partial charge in [0, 0.05) is 17.4 Å². The highest BCUT2D eigenvalue weighted by Crippen LogP contribution is 2.40. The first-order chi connectivity index (χ1) is 20.9. The van der Waals surface area contributed by atoms with Crippen LogP contribution in [-0.2, 0) is 16.9 Å². The molecule has 1 aromatic heterocycles. The van der Waals surface area contributed by atoms with Crippen molar-refractivity contribution in [2.24, 2.45) is 5.92 Å². The molecule has 0 aliphatic carbocycles. The molecule has 1 atom stereocenters. The van der Waals surface area contributed by atoms with Crippen LogP contribution in [0.25, 0.3) is 0 Å². The van der Waals surface area contributed by atoms with Crippen molar-refractivity contribution in [2.45, 2.75) is 38.4 Å². The second-order valence-electron chi connectivity index (χ2n) is 11.0. The average molecular weight is 573 g/mol. The van der Waals surface area contributed by atoms with Crippen LogP contribution in [0.1, 0.15) is 53.0 Å². The molecule has 0 spiro atoms. The van der Waals surface area contributed by atoms with Crippen LogP contribution in [-0.4, -0.2) is 32.6 Å². The van der Waals surface area contributed by atoms with E-state index in [1.54, 1.807) is 12.1 Å². The van der Waals surface area contributed by atoms with Crippen molar-refractivity contribution >= 4 is 17.6 Å². The highest BCUT2D eigenvalue weighted by Gasteiger charge is 2.38. The minimum Gasteiger partial charge on any atom is -0.480 e. The van der Waals surface area contributed by atoms with Crippen molar-refractivity contribution in [2.75, 3.05) is 5.32 Å². The lowest BCUT2D eigenvalue weighted by molar-refractivity contribution is -0.139. The number of carbonyl (C=O) groups is 2. The van der Waals surface area contributed by atoms with Crippen molar-refractivity contribution in [3.05, 3.63) is 156 Å². The minimum atomic E-state index is -1.03. The van der Waals surface area contributed by atoms with Gasteiger partial charge in [0.1, 0.15) is 11.6 Å². The molecule has 43 heavy (non-hydrogen) atoms. The Hall–Kier alpha value is -5.17. The van der Waals surface area contributed by atoms with Gasteiger partial charge in [-0.15, -0.1) is 0 Å². The molecule has 1 heterocycles. The maximum absolute atomic E-state index is 12.7. The third-order valence-corrected chi connectivity index (χ3v) is 7.53. The molecule has 0 radical (unpaired) electrons. The van der Waals surface area contributed by atoms with Crippen LogP contribution in [0.15, 0.2) is 128 Å². The number of aromatic nitrogens is 2. The van der Waals surface area contributed by atoms with E-state index >= 15 is 0 Å². The van der Waals surface area contributed by atoms with Crippen LogP contribution in [0.5, 0.6) is 0 Å². The second-order valence-corrected chi connectivity index (χ2v) is 11.0. The Bertz CT molecular complexity index is 1540. The van der Waals surface area contributed by atoms with Crippen LogP contribution in [0.4, 0.5) is 5.69 Å². The van der Waals surface area contributed by atoms with E-state index in [1.807, 2.05) is 50.5 Å². The monoisotopic (exact) mass is 572 g/mol. The normalized spacial score (nSPS) is 12.1. The van der Waals surface area contributed by atoms with Crippen molar-refractivity contribution in [1.29, 1.82) is 0 Å². The molecule has 5 aromatic rings. The molecule has 4 aromatic carbocycles. The standard InChI is InChI=1S/C36H36N4O3/c1-26(2)22-33(35(42)43)39-34(41)27-18-20-31(21-19-27)37-23-32-24-40(25-38-32)36(28-12-6-3-7-13-28,29-14-8-4-9-15-29)30-16-10-5-11-17-30/h3-21,24-26,33,37H,22-23H2,1-2H3,(H,39,41)(H,42,43)/t33-/m0/s1. The Labute approximate surface area is 252 Å². The van der Waals surface area contributed by atoms with Crippen LogP contribution in [0, 0.1) is 5.92 Å². The van der Waals surface area contributed by atoms with Gasteiger partial charge in [0.25, 0.3) is 5.91 Å². The number of anilines is 1. The number of amides is 1. The molecular weight excluding hydrogens is 536 g/mol. The summed E-state index contributed by atoms with van der Waals surface area (Å²) in [5.41, 5.74) is 4.82. The average Bonchev–Trinajstić information content (AvgIpc) is 3.51. The summed E-state index contributed by atoms with van der Waals surface area (Å²) in [6.07, 6.45) is 4.32. The van der Waals surface area contributed by atoms with Crippen molar-refractivity contribution in [3.63, 3.8) is 0 Å². The van der Waals surface area contributed by atoms with Crippen molar-refractivity contribution < 1.29 is 14.7 Å². The maximum Gasteiger partial charge on any atom is 0.326 e. The van der Waals surface area contributed by atoms with E-state index in [4.69, 9.17) is 4.98 Å². The predicted molar refractivity (Wildman–Crippen MR) is 169 cm³/mol. The van der Waals surface area contributed by atoms with Gasteiger partial charge in [-0.1, -0.05) is 105 Å². The summed E-state index contributed by atoms with van der Waals surface area (Å²) in [5.74, 6) is -1.29. The highest BCUT2D eigenvalue weighted by molar-refractivity contribution is 5.96. The molecule has 0 aliphatic rings.